The van der Waals surface area contributed by atoms with Crippen LogP contribution in [0.15, 0.2) is 30.3 Å². The Kier molecular flexibility index (Phi) is 6.50. The summed E-state index contributed by atoms with van der Waals surface area (Å²) in [7, 11) is 0. The zero-order valence-electron chi connectivity index (χ0n) is 16.0. The van der Waals surface area contributed by atoms with Crippen molar-refractivity contribution in [1.29, 1.82) is 0 Å². The Balaban J connectivity index is 1.50. The molecule has 0 radical (unpaired) electrons. The number of likely N-dealkylation sites (tertiary alicyclic amines) is 1. The minimum Gasteiger partial charge on any atom is -0.390 e. The molecule has 2 aliphatic heterocycles. The van der Waals surface area contributed by atoms with Gasteiger partial charge in [0.25, 0.3) is 0 Å². The lowest BCUT2D eigenvalue weighted by Gasteiger charge is -2.43. The smallest absolute Gasteiger partial charge is 0.312 e. The summed E-state index contributed by atoms with van der Waals surface area (Å²) in [6.07, 6.45) is 3.87. The van der Waals surface area contributed by atoms with Gasteiger partial charge in [-0.3, -0.25) is 9.59 Å². The van der Waals surface area contributed by atoms with Crippen LogP contribution in [0.3, 0.4) is 0 Å². The van der Waals surface area contributed by atoms with Crippen molar-refractivity contribution in [2.45, 2.75) is 50.7 Å². The van der Waals surface area contributed by atoms with Gasteiger partial charge in [-0.2, -0.15) is 0 Å². The molecule has 3 rings (SSSR count). The van der Waals surface area contributed by atoms with E-state index in [-0.39, 0.29) is 12.0 Å². The summed E-state index contributed by atoms with van der Waals surface area (Å²) in [5.74, 6) is -1.19. The molecule has 0 spiro atoms. The van der Waals surface area contributed by atoms with Crippen molar-refractivity contribution in [2.24, 2.45) is 5.92 Å². The van der Waals surface area contributed by atoms with E-state index in [2.05, 4.69) is 17.4 Å². The Bertz CT molecular complexity index is 647. The highest BCUT2D eigenvalue weighted by molar-refractivity contribution is 6.35. The Morgan fingerprint density at radius 2 is 2.11 bits per heavy atom. The van der Waals surface area contributed by atoms with Crippen molar-refractivity contribution in [3.63, 3.8) is 0 Å². The zero-order valence-corrected chi connectivity index (χ0v) is 16.0. The van der Waals surface area contributed by atoms with Gasteiger partial charge in [-0.25, -0.2) is 0 Å². The second-order valence-electron chi connectivity index (χ2n) is 7.84. The van der Waals surface area contributed by atoms with Gasteiger partial charge in [-0.05, 0) is 44.6 Å². The number of nitrogens with zero attached hydrogens (tertiary/aromatic N) is 1. The standard InChI is InChI=1S/C21H30N2O4/c1-21(26)11-14-27-15-17(21)18-10-6-13-23(18)20(25)19(24)22-12-5-9-16-7-3-2-4-8-16/h2-4,7-8,17-18,26H,5-6,9-15H2,1H3,(H,22,24)/t17-,18-,21+/m1/s1. The van der Waals surface area contributed by atoms with Crippen LogP contribution in [0.5, 0.6) is 0 Å². The second-order valence-corrected chi connectivity index (χ2v) is 7.84. The van der Waals surface area contributed by atoms with Crippen LogP contribution in [0.1, 0.15) is 38.2 Å². The van der Waals surface area contributed by atoms with E-state index in [1.807, 2.05) is 25.1 Å². The number of carbonyl (C=O) groups excluding carboxylic acids is 2. The zero-order chi connectivity index (χ0) is 19.3. The molecule has 2 N–H and O–H groups in total. The predicted octanol–water partition coefficient (Wildman–Crippen LogP) is 1.51. The SMILES string of the molecule is C[C@]1(O)CCOC[C@@H]1[C@H]1CCCN1C(=O)C(=O)NCCCc1ccccc1. The van der Waals surface area contributed by atoms with E-state index in [4.69, 9.17) is 4.74 Å². The van der Waals surface area contributed by atoms with E-state index in [9.17, 15) is 14.7 Å². The largest absolute Gasteiger partial charge is 0.390 e. The van der Waals surface area contributed by atoms with Crippen molar-refractivity contribution in [3.8, 4) is 0 Å². The van der Waals surface area contributed by atoms with Crippen LogP contribution in [0.25, 0.3) is 0 Å². The number of aliphatic hydroxyl groups is 1. The number of hydrogen-bond donors (Lipinski definition) is 2. The molecule has 2 aliphatic rings. The third-order valence-corrected chi connectivity index (χ3v) is 5.84. The van der Waals surface area contributed by atoms with Crippen molar-refractivity contribution in [3.05, 3.63) is 35.9 Å². The molecule has 6 heteroatoms. The fourth-order valence-corrected chi connectivity index (χ4v) is 4.19. The van der Waals surface area contributed by atoms with Crippen molar-refractivity contribution >= 4 is 11.8 Å². The first kappa shape index (κ1) is 19.8. The van der Waals surface area contributed by atoms with Gasteiger partial charge in [0.15, 0.2) is 0 Å². The fraction of sp³-hybridized carbons (Fsp3) is 0.619. The minimum absolute atomic E-state index is 0.136. The molecule has 2 amide bonds. The topological polar surface area (TPSA) is 78.9 Å². The third-order valence-electron chi connectivity index (χ3n) is 5.84. The highest BCUT2D eigenvalue weighted by atomic mass is 16.5. The number of ether oxygens (including phenoxy) is 1. The lowest BCUT2D eigenvalue weighted by Crippen LogP contribution is -2.55. The number of carbonyl (C=O) groups is 2. The van der Waals surface area contributed by atoms with Gasteiger partial charge in [-0.15, -0.1) is 0 Å². The maximum Gasteiger partial charge on any atom is 0.312 e. The molecule has 1 aromatic rings. The van der Waals surface area contributed by atoms with Crippen LogP contribution >= 0.6 is 0 Å². The number of nitrogens with one attached hydrogen (secondary N) is 1. The van der Waals surface area contributed by atoms with Gasteiger partial charge in [0.2, 0.25) is 0 Å². The van der Waals surface area contributed by atoms with E-state index >= 15 is 0 Å². The number of hydrogen-bond acceptors (Lipinski definition) is 4. The highest BCUT2D eigenvalue weighted by Gasteiger charge is 2.46. The first-order valence-electron chi connectivity index (χ1n) is 9.92. The van der Waals surface area contributed by atoms with Crippen molar-refractivity contribution < 1.29 is 19.4 Å². The van der Waals surface area contributed by atoms with Crippen LogP contribution in [0.4, 0.5) is 0 Å². The first-order chi connectivity index (χ1) is 13.0. The van der Waals surface area contributed by atoms with E-state index in [1.165, 1.54) is 5.56 Å². The predicted molar refractivity (Wildman–Crippen MR) is 102 cm³/mol. The monoisotopic (exact) mass is 374 g/mol. The van der Waals surface area contributed by atoms with Crippen LogP contribution < -0.4 is 5.32 Å². The van der Waals surface area contributed by atoms with E-state index < -0.39 is 17.4 Å². The van der Waals surface area contributed by atoms with Gasteiger partial charge in [0.05, 0.1) is 12.2 Å². The molecule has 0 saturated carbocycles. The summed E-state index contributed by atoms with van der Waals surface area (Å²) in [6.45, 7) is 3.81. The number of aryl methyl sites for hydroxylation is 1. The molecule has 0 unspecified atom stereocenters. The summed E-state index contributed by atoms with van der Waals surface area (Å²) in [6, 6.07) is 9.94. The number of rotatable bonds is 5. The molecule has 0 aliphatic carbocycles. The Hall–Kier alpha value is -1.92. The molecule has 6 nitrogen and oxygen atoms in total. The lowest BCUT2D eigenvalue weighted by atomic mass is 9.79. The summed E-state index contributed by atoms with van der Waals surface area (Å²) in [5, 5.41) is 13.4. The molecule has 0 aromatic heterocycles. The maximum atomic E-state index is 12.7. The second kappa shape index (κ2) is 8.85. The molecule has 27 heavy (non-hydrogen) atoms. The van der Waals surface area contributed by atoms with Gasteiger partial charge < -0.3 is 20.1 Å². The van der Waals surface area contributed by atoms with Crippen LogP contribution in [0, 0.1) is 5.92 Å². The van der Waals surface area contributed by atoms with Crippen LogP contribution in [-0.2, 0) is 20.7 Å². The lowest BCUT2D eigenvalue weighted by molar-refractivity contribution is -0.153. The van der Waals surface area contributed by atoms with E-state index in [0.717, 1.165) is 25.7 Å². The van der Waals surface area contributed by atoms with Crippen molar-refractivity contribution in [1.82, 2.24) is 10.2 Å². The fourth-order valence-electron chi connectivity index (χ4n) is 4.19. The number of benzene rings is 1. The van der Waals surface area contributed by atoms with Crippen LogP contribution in [0.2, 0.25) is 0 Å². The van der Waals surface area contributed by atoms with Gasteiger partial charge in [0.1, 0.15) is 0 Å². The van der Waals surface area contributed by atoms with Gasteiger partial charge in [-0.1, -0.05) is 30.3 Å². The Morgan fingerprint density at radius 3 is 2.85 bits per heavy atom. The molecular weight excluding hydrogens is 344 g/mol. The maximum absolute atomic E-state index is 12.7. The quantitative estimate of drug-likeness (QED) is 0.605. The Labute approximate surface area is 160 Å². The molecule has 1 aromatic carbocycles. The number of amides is 2. The molecule has 2 fully saturated rings. The molecule has 3 atom stereocenters. The molecule has 148 valence electrons. The summed E-state index contributed by atoms with van der Waals surface area (Å²) < 4.78 is 5.54. The van der Waals surface area contributed by atoms with E-state index in [0.29, 0.717) is 32.7 Å². The molecule has 2 saturated heterocycles. The minimum atomic E-state index is -0.863. The normalized spacial score (nSPS) is 28.1. The molecular formula is C21H30N2O4. The Morgan fingerprint density at radius 1 is 1.33 bits per heavy atom. The van der Waals surface area contributed by atoms with Gasteiger partial charge >= 0.3 is 11.8 Å². The highest BCUT2D eigenvalue weighted by Crippen LogP contribution is 2.35. The van der Waals surface area contributed by atoms with Crippen LogP contribution in [-0.4, -0.2) is 59.8 Å². The average Bonchev–Trinajstić information content (AvgIpc) is 3.14. The van der Waals surface area contributed by atoms with Gasteiger partial charge in [0, 0.05) is 31.7 Å². The average molecular weight is 374 g/mol. The third kappa shape index (κ3) is 4.87. The summed E-state index contributed by atoms with van der Waals surface area (Å²) in [5.41, 5.74) is 0.356. The van der Waals surface area contributed by atoms with E-state index in [1.54, 1.807) is 4.90 Å². The summed E-state index contributed by atoms with van der Waals surface area (Å²) in [4.78, 5) is 26.6. The molecule has 2 heterocycles. The first-order valence-corrected chi connectivity index (χ1v) is 9.92. The summed E-state index contributed by atoms with van der Waals surface area (Å²) >= 11 is 0. The molecule has 0 bridgehead atoms. The van der Waals surface area contributed by atoms with Crippen molar-refractivity contribution in [2.75, 3.05) is 26.3 Å².